The van der Waals surface area contributed by atoms with E-state index < -0.39 is 10.5 Å². The number of nitrogens with one attached hydrogen (secondary N) is 1. The molecule has 0 saturated carbocycles. The Morgan fingerprint density at radius 1 is 1.35 bits per heavy atom. The Morgan fingerprint density at radius 3 is 2.65 bits per heavy atom. The number of hydrogen-bond acceptors (Lipinski definition) is 4. The van der Waals surface area contributed by atoms with E-state index in [4.69, 9.17) is 0 Å². The quantitative estimate of drug-likeness (QED) is 0.920. The van der Waals surface area contributed by atoms with Crippen LogP contribution in [0, 0.1) is 5.92 Å². The number of carbonyl (C=O) groups is 2. The normalized spacial score (nSPS) is 30.4. The number of carbonyl (C=O) groups excluding carboxylic acids is 2. The predicted octanol–water partition coefficient (Wildman–Crippen LogP) is 2.72. The van der Waals surface area contributed by atoms with Crippen LogP contribution < -0.4 is 5.32 Å². The Hall–Kier alpha value is -1.56. The van der Waals surface area contributed by atoms with Crippen molar-refractivity contribution in [3.8, 4) is 0 Å². The van der Waals surface area contributed by atoms with Crippen LogP contribution in [-0.4, -0.2) is 32.5 Å². The number of nitrogens with zero attached hydrogens (tertiary/aromatic N) is 2. The molecule has 1 saturated heterocycles. The van der Waals surface area contributed by atoms with Gasteiger partial charge in [0.05, 0.1) is 5.56 Å². The number of hydrogen-bond donors (Lipinski definition) is 1. The molecule has 3 heterocycles. The topological polar surface area (TPSA) is 62.3 Å². The molecule has 124 valence electrons. The smallest absolute Gasteiger partial charge is 0.259 e. The summed E-state index contributed by atoms with van der Waals surface area (Å²) in [5.74, 6) is -0.216. The van der Waals surface area contributed by atoms with Crippen molar-refractivity contribution < 1.29 is 9.59 Å². The summed E-state index contributed by atoms with van der Waals surface area (Å²) >= 11 is 1.61. The highest BCUT2D eigenvalue weighted by Gasteiger charge is 2.67. The third kappa shape index (κ3) is 1.97. The fourth-order valence-corrected chi connectivity index (χ4v) is 4.84. The molecule has 5 nitrogen and oxygen atoms in total. The second-order valence-corrected chi connectivity index (χ2v) is 8.41. The molecule has 0 spiro atoms. The molecule has 0 aliphatic carbocycles. The Kier molecular flexibility index (Phi) is 3.71. The first-order valence-corrected chi connectivity index (χ1v) is 8.97. The van der Waals surface area contributed by atoms with Gasteiger partial charge in [0.1, 0.15) is 11.2 Å². The second-order valence-electron chi connectivity index (χ2n) is 6.78. The number of fused-ring (bicyclic) bond motifs is 3. The second kappa shape index (κ2) is 5.23. The SMILES string of the molecule is CCC(C)SC12NC(=O)C(C)(C(C)C)N1C(=O)c1cccnc12. The van der Waals surface area contributed by atoms with Crippen molar-refractivity contribution in [2.45, 2.75) is 56.8 Å². The fraction of sp³-hybridized carbons (Fsp3) is 0.588. The summed E-state index contributed by atoms with van der Waals surface area (Å²) in [5, 5.41) is 3.40. The fourth-order valence-electron chi connectivity index (χ4n) is 3.29. The molecule has 1 fully saturated rings. The Balaban J connectivity index is 2.23. The summed E-state index contributed by atoms with van der Waals surface area (Å²) < 4.78 is 0. The van der Waals surface area contributed by atoms with E-state index in [2.05, 4.69) is 24.1 Å². The molecular weight excluding hydrogens is 310 g/mol. The highest BCUT2D eigenvalue weighted by Crippen LogP contribution is 2.54. The van der Waals surface area contributed by atoms with E-state index in [9.17, 15) is 9.59 Å². The third-order valence-corrected chi connectivity index (χ3v) is 6.71. The first kappa shape index (κ1) is 16.3. The van der Waals surface area contributed by atoms with Crippen molar-refractivity contribution in [2.24, 2.45) is 5.92 Å². The maximum atomic E-state index is 13.1. The van der Waals surface area contributed by atoms with Crippen LogP contribution in [0.4, 0.5) is 0 Å². The zero-order chi connectivity index (χ0) is 17.0. The highest BCUT2D eigenvalue weighted by molar-refractivity contribution is 8.00. The van der Waals surface area contributed by atoms with E-state index in [1.807, 2.05) is 20.8 Å². The molecule has 3 atom stereocenters. The molecule has 0 radical (unpaired) electrons. The van der Waals surface area contributed by atoms with Crippen molar-refractivity contribution in [3.05, 3.63) is 29.6 Å². The number of aromatic nitrogens is 1. The van der Waals surface area contributed by atoms with Gasteiger partial charge in [-0.25, -0.2) is 0 Å². The van der Waals surface area contributed by atoms with E-state index in [0.29, 0.717) is 11.3 Å². The maximum absolute atomic E-state index is 13.1. The van der Waals surface area contributed by atoms with E-state index in [-0.39, 0.29) is 23.0 Å². The monoisotopic (exact) mass is 333 g/mol. The number of rotatable bonds is 4. The number of amides is 2. The average molecular weight is 333 g/mol. The van der Waals surface area contributed by atoms with Gasteiger partial charge < -0.3 is 5.32 Å². The minimum atomic E-state index is -0.890. The first-order valence-electron chi connectivity index (χ1n) is 8.09. The molecule has 23 heavy (non-hydrogen) atoms. The Morgan fingerprint density at radius 2 is 2.04 bits per heavy atom. The molecule has 1 aromatic heterocycles. The maximum Gasteiger partial charge on any atom is 0.259 e. The zero-order valence-corrected chi connectivity index (χ0v) is 15.0. The van der Waals surface area contributed by atoms with Crippen molar-refractivity contribution in [1.29, 1.82) is 0 Å². The van der Waals surface area contributed by atoms with Crippen LogP contribution in [0.1, 0.15) is 57.1 Å². The van der Waals surface area contributed by atoms with Crippen LogP contribution in [0.5, 0.6) is 0 Å². The van der Waals surface area contributed by atoms with Gasteiger partial charge in [-0.15, -0.1) is 11.8 Å². The van der Waals surface area contributed by atoms with Crippen LogP contribution in [0.25, 0.3) is 0 Å². The lowest BCUT2D eigenvalue weighted by Crippen LogP contribution is -2.54. The molecule has 3 unspecified atom stereocenters. The van der Waals surface area contributed by atoms with Crippen LogP contribution in [0.3, 0.4) is 0 Å². The number of thioether (sulfide) groups is 1. The van der Waals surface area contributed by atoms with Gasteiger partial charge >= 0.3 is 0 Å². The largest absolute Gasteiger partial charge is 0.317 e. The van der Waals surface area contributed by atoms with E-state index in [1.54, 1.807) is 35.0 Å². The summed E-state index contributed by atoms with van der Waals surface area (Å²) in [6.45, 7) is 10.0. The molecular formula is C17H23N3O2S. The summed E-state index contributed by atoms with van der Waals surface area (Å²) in [7, 11) is 0. The molecule has 0 bridgehead atoms. The lowest BCUT2D eigenvalue weighted by atomic mass is 9.87. The molecule has 3 rings (SSSR count). The van der Waals surface area contributed by atoms with Crippen LogP contribution >= 0.6 is 11.8 Å². The number of pyridine rings is 1. The van der Waals surface area contributed by atoms with E-state index >= 15 is 0 Å². The van der Waals surface area contributed by atoms with Crippen molar-refractivity contribution in [1.82, 2.24) is 15.2 Å². The van der Waals surface area contributed by atoms with Crippen molar-refractivity contribution in [3.63, 3.8) is 0 Å². The van der Waals surface area contributed by atoms with Gasteiger partial charge in [0, 0.05) is 11.4 Å². The molecule has 1 aromatic rings. The Bertz CT molecular complexity index is 678. The molecule has 1 N–H and O–H groups in total. The van der Waals surface area contributed by atoms with Crippen molar-refractivity contribution >= 4 is 23.6 Å². The van der Waals surface area contributed by atoms with Gasteiger partial charge in [-0.2, -0.15) is 0 Å². The third-order valence-electron chi connectivity index (χ3n) is 5.16. The first-order chi connectivity index (χ1) is 10.8. The van der Waals surface area contributed by atoms with Crippen molar-refractivity contribution in [2.75, 3.05) is 0 Å². The van der Waals surface area contributed by atoms with Crippen LogP contribution in [0.15, 0.2) is 18.3 Å². The summed E-state index contributed by atoms with van der Waals surface area (Å²) in [4.78, 5) is 31.3. The van der Waals surface area contributed by atoms with Gasteiger partial charge in [0.25, 0.3) is 5.91 Å². The minimum Gasteiger partial charge on any atom is -0.317 e. The standard InChI is InChI=1S/C17H23N3O2S/c1-6-11(4)23-17-13-12(8-7-9-18-13)14(21)20(17)16(5,10(2)3)15(22)19-17/h7-11H,6H2,1-5H3,(H,19,22). The van der Waals surface area contributed by atoms with E-state index in [1.165, 1.54) is 0 Å². The van der Waals surface area contributed by atoms with Gasteiger partial charge in [-0.3, -0.25) is 19.5 Å². The summed E-state index contributed by atoms with van der Waals surface area (Å²) in [5.41, 5.74) is 0.376. The lowest BCUT2D eigenvalue weighted by molar-refractivity contribution is -0.127. The average Bonchev–Trinajstić information content (AvgIpc) is 2.89. The van der Waals surface area contributed by atoms with Gasteiger partial charge in [-0.1, -0.05) is 27.7 Å². The lowest BCUT2D eigenvalue weighted by Gasteiger charge is -2.40. The zero-order valence-electron chi connectivity index (χ0n) is 14.2. The molecule has 2 aliphatic rings. The van der Waals surface area contributed by atoms with Crippen LogP contribution in [0.2, 0.25) is 0 Å². The summed E-state index contributed by atoms with van der Waals surface area (Å²) in [6, 6.07) is 3.57. The molecule has 2 amide bonds. The highest BCUT2D eigenvalue weighted by atomic mass is 32.2. The molecule has 2 aliphatic heterocycles. The molecule has 6 heteroatoms. The van der Waals surface area contributed by atoms with Gasteiger partial charge in [0.2, 0.25) is 10.9 Å². The predicted molar refractivity (Wildman–Crippen MR) is 90.8 cm³/mol. The van der Waals surface area contributed by atoms with Gasteiger partial charge in [0.15, 0.2) is 0 Å². The molecule has 0 aromatic carbocycles. The minimum absolute atomic E-state index is 0.000157. The van der Waals surface area contributed by atoms with Crippen LogP contribution in [-0.2, 0) is 9.79 Å². The van der Waals surface area contributed by atoms with E-state index in [0.717, 1.165) is 6.42 Å². The Labute approximate surface area is 141 Å². The van der Waals surface area contributed by atoms with Gasteiger partial charge in [-0.05, 0) is 31.4 Å². The summed E-state index contributed by atoms with van der Waals surface area (Å²) in [6.07, 6.45) is 2.64.